The van der Waals surface area contributed by atoms with E-state index in [0.29, 0.717) is 6.54 Å². The van der Waals surface area contributed by atoms with Gasteiger partial charge in [0.25, 0.3) is 0 Å². The first-order valence-corrected chi connectivity index (χ1v) is 10.4. The van der Waals surface area contributed by atoms with Crippen LogP contribution in [-0.2, 0) is 6.42 Å². The van der Waals surface area contributed by atoms with E-state index >= 15 is 0 Å². The zero-order chi connectivity index (χ0) is 20.9. The Labute approximate surface area is 177 Å². The zero-order valence-electron chi connectivity index (χ0n) is 17.6. The van der Waals surface area contributed by atoms with Gasteiger partial charge in [-0.05, 0) is 66.8 Å². The number of benzene rings is 3. The molecule has 154 valence electrons. The first-order chi connectivity index (χ1) is 14.7. The molecule has 0 radical (unpaired) electrons. The van der Waals surface area contributed by atoms with Crippen LogP contribution >= 0.6 is 0 Å². The molecule has 0 bridgehead atoms. The third kappa shape index (κ3) is 4.05. The third-order valence-corrected chi connectivity index (χ3v) is 5.53. The van der Waals surface area contributed by atoms with Gasteiger partial charge in [0.2, 0.25) is 0 Å². The molecule has 1 aromatic heterocycles. The predicted octanol–water partition coefficient (Wildman–Crippen LogP) is 5.80. The van der Waals surface area contributed by atoms with E-state index in [2.05, 4.69) is 59.6 Å². The number of rotatable bonds is 8. The molecule has 4 rings (SSSR count). The Hall–Kier alpha value is -3.24. The summed E-state index contributed by atoms with van der Waals surface area (Å²) in [6, 6.07) is 23.1. The van der Waals surface area contributed by atoms with Gasteiger partial charge >= 0.3 is 0 Å². The number of ether oxygens (including phenoxy) is 2. The maximum atomic E-state index is 5.76. The second-order valence-electron chi connectivity index (χ2n) is 7.45. The van der Waals surface area contributed by atoms with Gasteiger partial charge in [-0.2, -0.15) is 0 Å². The van der Waals surface area contributed by atoms with Crippen LogP contribution in [0.1, 0.15) is 18.4 Å². The molecule has 4 aromatic rings. The lowest BCUT2D eigenvalue weighted by Gasteiger charge is -2.10. The van der Waals surface area contributed by atoms with E-state index in [1.54, 1.807) is 14.2 Å². The molecule has 0 aliphatic rings. The summed E-state index contributed by atoms with van der Waals surface area (Å²) in [5.74, 6) is 1.56. The second kappa shape index (κ2) is 9.06. The van der Waals surface area contributed by atoms with Crippen LogP contribution in [0.2, 0.25) is 0 Å². The summed E-state index contributed by atoms with van der Waals surface area (Å²) in [7, 11) is 3.36. The number of unbranched alkanes of at least 4 members (excludes halogenated alkanes) is 1. The summed E-state index contributed by atoms with van der Waals surface area (Å²) < 4.78 is 11.0. The molecule has 0 unspecified atom stereocenters. The number of methoxy groups -OCH3 is 2. The number of fused-ring (bicyclic) bond motifs is 1. The molecule has 0 aliphatic carbocycles. The topological polar surface area (TPSA) is 60.3 Å². The van der Waals surface area contributed by atoms with Crippen molar-refractivity contribution >= 4 is 10.9 Å². The monoisotopic (exact) mass is 400 g/mol. The number of aryl methyl sites for hydroxylation is 1. The van der Waals surface area contributed by atoms with E-state index in [9.17, 15) is 0 Å². The SMILES string of the molecule is COc1cc(OC)cc(-c2[nH]c3ccc(-c4ccccc4)cc3c2CCCCN)c1. The Balaban J connectivity index is 1.87. The number of H-pyrrole nitrogens is 1. The van der Waals surface area contributed by atoms with Gasteiger partial charge in [-0.25, -0.2) is 0 Å². The molecule has 0 saturated carbocycles. The van der Waals surface area contributed by atoms with Gasteiger partial charge in [-0.15, -0.1) is 0 Å². The maximum Gasteiger partial charge on any atom is 0.123 e. The minimum atomic E-state index is 0.708. The molecule has 0 fully saturated rings. The summed E-state index contributed by atoms with van der Waals surface area (Å²) in [5.41, 5.74) is 12.8. The first-order valence-electron chi connectivity index (χ1n) is 10.4. The number of nitrogens with one attached hydrogen (secondary N) is 1. The highest BCUT2D eigenvalue weighted by atomic mass is 16.5. The van der Waals surface area contributed by atoms with Crippen molar-refractivity contribution in [2.24, 2.45) is 5.73 Å². The number of hydrogen-bond donors (Lipinski definition) is 2. The predicted molar refractivity (Wildman–Crippen MR) is 124 cm³/mol. The summed E-state index contributed by atoms with van der Waals surface area (Å²) in [4.78, 5) is 3.65. The van der Waals surface area contributed by atoms with Crippen LogP contribution in [0, 0.1) is 0 Å². The van der Waals surface area contributed by atoms with Crippen LogP contribution in [-0.4, -0.2) is 25.7 Å². The Morgan fingerprint density at radius 1 is 0.767 bits per heavy atom. The quantitative estimate of drug-likeness (QED) is 0.367. The number of nitrogens with two attached hydrogens (primary N) is 1. The van der Waals surface area contributed by atoms with Crippen LogP contribution in [0.25, 0.3) is 33.3 Å². The molecular weight excluding hydrogens is 372 g/mol. The fraction of sp³-hybridized carbons (Fsp3) is 0.231. The molecule has 0 aliphatic heterocycles. The smallest absolute Gasteiger partial charge is 0.123 e. The Morgan fingerprint density at radius 3 is 2.17 bits per heavy atom. The normalized spacial score (nSPS) is 11.0. The largest absolute Gasteiger partial charge is 0.497 e. The van der Waals surface area contributed by atoms with Crippen LogP contribution in [0.15, 0.2) is 66.7 Å². The molecular formula is C26H28N2O2. The highest BCUT2D eigenvalue weighted by Crippen LogP contribution is 2.37. The molecule has 1 heterocycles. The minimum absolute atomic E-state index is 0.708. The van der Waals surface area contributed by atoms with Crippen LogP contribution < -0.4 is 15.2 Å². The molecule has 3 aromatic carbocycles. The Morgan fingerprint density at radius 2 is 1.50 bits per heavy atom. The van der Waals surface area contributed by atoms with Gasteiger partial charge in [-0.3, -0.25) is 0 Å². The average molecular weight is 401 g/mol. The van der Waals surface area contributed by atoms with Gasteiger partial charge in [0.05, 0.1) is 14.2 Å². The molecule has 0 spiro atoms. The third-order valence-electron chi connectivity index (χ3n) is 5.53. The van der Waals surface area contributed by atoms with Crippen molar-refractivity contribution in [2.75, 3.05) is 20.8 Å². The van der Waals surface area contributed by atoms with Crippen LogP contribution in [0.5, 0.6) is 11.5 Å². The fourth-order valence-corrected chi connectivity index (χ4v) is 3.96. The molecule has 3 N–H and O–H groups in total. The highest BCUT2D eigenvalue weighted by molar-refractivity contribution is 5.94. The van der Waals surface area contributed by atoms with Crippen molar-refractivity contribution in [3.05, 3.63) is 72.3 Å². The molecule has 0 saturated heterocycles. The van der Waals surface area contributed by atoms with Gasteiger partial charge in [-0.1, -0.05) is 36.4 Å². The molecule has 4 nitrogen and oxygen atoms in total. The molecule has 4 heteroatoms. The lowest BCUT2D eigenvalue weighted by atomic mass is 9.97. The van der Waals surface area contributed by atoms with Gasteiger partial charge in [0.1, 0.15) is 11.5 Å². The van der Waals surface area contributed by atoms with Crippen molar-refractivity contribution in [2.45, 2.75) is 19.3 Å². The summed E-state index contributed by atoms with van der Waals surface area (Å²) in [5, 5.41) is 1.25. The highest BCUT2D eigenvalue weighted by Gasteiger charge is 2.16. The lowest BCUT2D eigenvalue weighted by Crippen LogP contribution is -1.99. The van der Waals surface area contributed by atoms with Crippen molar-refractivity contribution in [1.29, 1.82) is 0 Å². The van der Waals surface area contributed by atoms with Crippen molar-refractivity contribution in [3.63, 3.8) is 0 Å². The van der Waals surface area contributed by atoms with E-state index in [1.807, 2.05) is 12.1 Å². The second-order valence-corrected chi connectivity index (χ2v) is 7.45. The van der Waals surface area contributed by atoms with Crippen LogP contribution in [0.4, 0.5) is 0 Å². The molecule has 0 amide bonds. The van der Waals surface area contributed by atoms with E-state index in [-0.39, 0.29) is 0 Å². The Kier molecular flexibility index (Phi) is 6.05. The standard InChI is InChI=1S/C26H28N2O2/c1-29-21-14-20(15-22(17-21)30-2)26-23(10-6-7-13-27)24-16-19(11-12-25(24)28-26)18-8-4-3-5-9-18/h3-5,8-9,11-12,14-17,28H,6-7,10,13,27H2,1-2H3. The van der Waals surface area contributed by atoms with E-state index in [1.165, 1.54) is 22.1 Å². The zero-order valence-corrected chi connectivity index (χ0v) is 17.6. The fourth-order valence-electron chi connectivity index (χ4n) is 3.96. The van der Waals surface area contributed by atoms with Crippen molar-refractivity contribution < 1.29 is 9.47 Å². The Bertz CT molecular complexity index is 1110. The first kappa shape index (κ1) is 20.0. The summed E-state index contributed by atoms with van der Waals surface area (Å²) >= 11 is 0. The number of aromatic amines is 1. The van der Waals surface area contributed by atoms with E-state index < -0.39 is 0 Å². The molecule has 30 heavy (non-hydrogen) atoms. The van der Waals surface area contributed by atoms with Gasteiger partial charge in [0.15, 0.2) is 0 Å². The molecule has 0 atom stereocenters. The number of aromatic nitrogens is 1. The minimum Gasteiger partial charge on any atom is -0.497 e. The average Bonchev–Trinajstić information content (AvgIpc) is 3.17. The van der Waals surface area contributed by atoms with E-state index in [0.717, 1.165) is 47.5 Å². The van der Waals surface area contributed by atoms with Crippen molar-refractivity contribution in [3.8, 4) is 33.9 Å². The van der Waals surface area contributed by atoms with Crippen molar-refractivity contribution in [1.82, 2.24) is 4.98 Å². The lowest BCUT2D eigenvalue weighted by molar-refractivity contribution is 0.394. The van der Waals surface area contributed by atoms with Crippen LogP contribution in [0.3, 0.4) is 0 Å². The van der Waals surface area contributed by atoms with Gasteiger partial charge < -0.3 is 20.2 Å². The summed E-state index contributed by atoms with van der Waals surface area (Å²) in [6.07, 6.45) is 3.02. The summed E-state index contributed by atoms with van der Waals surface area (Å²) in [6.45, 7) is 0.708. The number of hydrogen-bond acceptors (Lipinski definition) is 3. The van der Waals surface area contributed by atoms with E-state index in [4.69, 9.17) is 15.2 Å². The van der Waals surface area contributed by atoms with Gasteiger partial charge in [0, 0.05) is 28.2 Å². The maximum absolute atomic E-state index is 5.76.